The minimum Gasteiger partial charge on any atom is -0.311 e. The van der Waals surface area contributed by atoms with E-state index in [-0.39, 0.29) is 5.41 Å². The first kappa shape index (κ1) is 14.5. The number of nitrogens with one attached hydrogen (secondary N) is 1. The average Bonchev–Trinajstić information content (AvgIpc) is 2.96. The Bertz CT molecular complexity index is 451. The van der Waals surface area contributed by atoms with Gasteiger partial charge in [-0.15, -0.1) is 11.3 Å². The predicted octanol–water partition coefficient (Wildman–Crippen LogP) is 3.16. The molecule has 2 aliphatic heterocycles. The second kappa shape index (κ2) is 5.39. The Morgan fingerprint density at radius 2 is 1.95 bits per heavy atom. The zero-order chi connectivity index (χ0) is 14.3. The molecular weight excluding hydrogens is 266 g/mol. The number of hydrogen-bond donors (Lipinski definition) is 1. The van der Waals surface area contributed by atoms with Crippen molar-refractivity contribution in [3.05, 3.63) is 16.1 Å². The highest BCUT2D eigenvalue weighted by Gasteiger charge is 2.35. The molecular formula is C16H27N3S. The molecule has 1 aromatic heterocycles. The van der Waals surface area contributed by atoms with Crippen LogP contribution in [0.2, 0.25) is 0 Å². The molecule has 0 aliphatic carbocycles. The lowest BCUT2D eigenvalue weighted by Gasteiger charge is -2.35. The van der Waals surface area contributed by atoms with Gasteiger partial charge in [-0.05, 0) is 32.7 Å². The highest BCUT2D eigenvalue weighted by Crippen LogP contribution is 2.30. The third kappa shape index (κ3) is 3.07. The summed E-state index contributed by atoms with van der Waals surface area (Å²) in [7, 11) is 2.27. The number of hydrogen-bond acceptors (Lipinski definition) is 4. The van der Waals surface area contributed by atoms with E-state index in [1.54, 1.807) is 0 Å². The van der Waals surface area contributed by atoms with Gasteiger partial charge < -0.3 is 5.32 Å². The standard InChI is InChI=1S/C16H27N3S/c1-16(2,3)15-18-13(10-20-15)9-19(4)14-7-11-5-6-12(8-14)17-11/h10-12,14,17H,5-9H2,1-4H3. The molecule has 3 heterocycles. The summed E-state index contributed by atoms with van der Waals surface area (Å²) in [4.78, 5) is 7.35. The number of thiazole rings is 1. The molecule has 3 rings (SSSR count). The highest BCUT2D eigenvalue weighted by atomic mass is 32.1. The fraction of sp³-hybridized carbons (Fsp3) is 0.812. The molecule has 2 atom stereocenters. The van der Waals surface area contributed by atoms with Crippen LogP contribution >= 0.6 is 11.3 Å². The molecule has 1 N–H and O–H groups in total. The molecule has 0 amide bonds. The van der Waals surface area contributed by atoms with Crippen LogP contribution in [-0.4, -0.2) is 35.1 Å². The lowest BCUT2D eigenvalue weighted by atomic mass is 9.98. The molecule has 2 bridgehead atoms. The fourth-order valence-electron chi connectivity index (χ4n) is 3.50. The summed E-state index contributed by atoms with van der Waals surface area (Å²) in [6.07, 6.45) is 5.37. The number of piperidine rings is 1. The highest BCUT2D eigenvalue weighted by molar-refractivity contribution is 7.09. The minimum absolute atomic E-state index is 0.176. The number of nitrogens with zero attached hydrogens (tertiary/aromatic N) is 2. The van der Waals surface area contributed by atoms with Crippen molar-refractivity contribution in [3.8, 4) is 0 Å². The fourth-order valence-corrected chi connectivity index (χ4v) is 4.39. The molecule has 2 aliphatic rings. The number of fused-ring (bicyclic) bond motifs is 2. The van der Waals surface area contributed by atoms with Gasteiger partial charge in [-0.25, -0.2) is 4.98 Å². The van der Waals surface area contributed by atoms with Crippen molar-refractivity contribution in [1.29, 1.82) is 0 Å². The van der Waals surface area contributed by atoms with Gasteiger partial charge in [-0.3, -0.25) is 4.90 Å². The minimum atomic E-state index is 0.176. The smallest absolute Gasteiger partial charge is 0.0982 e. The van der Waals surface area contributed by atoms with Crippen molar-refractivity contribution in [2.45, 2.75) is 76.5 Å². The van der Waals surface area contributed by atoms with Crippen molar-refractivity contribution in [1.82, 2.24) is 15.2 Å². The van der Waals surface area contributed by atoms with Crippen molar-refractivity contribution >= 4 is 11.3 Å². The molecule has 3 nitrogen and oxygen atoms in total. The van der Waals surface area contributed by atoms with Gasteiger partial charge in [0.1, 0.15) is 0 Å². The third-order valence-corrected chi connectivity index (χ3v) is 5.99. The summed E-state index contributed by atoms with van der Waals surface area (Å²) >= 11 is 1.81. The van der Waals surface area contributed by atoms with E-state index in [2.05, 4.69) is 43.4 Å². The van der Waals surface area contributed by atoms with Gasteiger partial charge in [-0.2, -0.15) is 0 Å². The number of rotatable bonds is 3. The molecule has 20 heavy (non-hydrogen) atoms. The van der Waals surface area contributed by atoms with Gasteiger partial charge in [0.15, 0.2) is 0 Å². The Morgan fingerprint density at radius 3 is 2.50 bits per heavy atom. The lowest BCUT2D eigenvalue weighted by molar-refractivity contribution is 0.164. The summed E-state index contributed by atoms with van der Waals surface area (Å²) in [5.74, 6) is 0. The van der Waals surface area contributed by atoms with E-state index < -0.39 is 0 Å². The molecule has 0 spiro atoms. The maximum absolute atomic E-state index is 4.83. The molecule has 0 saturated carbocycles. The zero-order valence-electron chi connectivity index (χ0n) is 13.1. The van der Waals surface area contributed by atoms with Crippen LogP contribution in [0.4, 0.5) is 0 Å². The molecule has 2 unspecified atom stereocenters. The monoisotopic (exact) mass is 293 g/mol. The lowest BCUT2D eigenvalue weighted by Crippen LogP contribution is -2.46. The Balaban J connectivity index is 1.61. The maximum Gasteiger partial charge on any atom is 0.0982 e. The topological polar surface area (TPSA) is 28.2 Å². The van der Waals surface area contributed by atoms with Crippen LogP contribution in [-0.2, 0) is 12.0 Å². The van der Waals surface area contributed by atoms with Crippen LogP contribution in [0.15, 0.2) is 5.38 Å². The molecule has 1 aromatic rings. The van der Waals surface area contributed by atoms with Gasteiger partial charge in [0, 0.05) is 35.5 Å². The normalized spacial score (nSPS) is 30.1. The molecule has 112 valence electrons. The van der Waals surface area contributed by atoms with Gasteiger partial charge in [0.25, 0.3) is 0 Å². The molecule has 4 heteroatoms. The molecule has 2 saturated heterocycles. The quantitative estimate of drug-likeness (QED) is 0.928. The van der Waals surface area contributed by atoms with Crippen molar-refractivity contribution < 1.29 is 0 Å². The van der Waals surface area contributed by atoms with E-state index in [4.69, 9.17) is 4.98 Å². The van der Waals surface area contributed by atoms with E-state index in [1.807, 2.05) is 11.3 Å². The van der Waals surface area contributed by atoms with Crippen LogP contribution in [0.5, 0.6) is 0 Å². The van der Waals surface area contributed by atoms with Crippen LogP contribution < -0.4 is 5.32 Å². The Kier molecular flexibility index (Phi) is 3.91. The second-order valence-corrected chi connectivity index (χ2v) is 8.43. The van der Waals surface area contributed by atoms with Gasteiger partial charge >= 0.3 is 0 Å². The maximum atomic E-state index is 4.83. The Morgan fingerprint density at radius 1 is 1.30 bits per heavy atom. The van der Waals surface area contributed by atoms with E-state index in [0.29, 0.717) is 0 Å². The van der Waals surface area contributed by atoms with E-state index >= 15 is 0 Å². The molecule has 2 fully saturated rings. The van der Waals surface area contributed by atoms with Crippen LogP contribution in [0, 0.1) is 0 Å². The average molecular weight is 293 g/mol. The van der Waals surface area contributed by atoms with Crippen molar-refractivity contribution in [2.24, 2.45) is 0 Å². The first-order chi connectivity index (χ1) is 9.41. The molecule has 0 aromatic carbocycles. The van der Waals surface area contributed by atoms with Gasteiger partial charge in [0.05, 0.1) is 10.7 Å². The summed E-state index contributed by atoms with van der Waals surface area (Å²) in [6.45, 7) is 7.72. The first-order valence-electron chi connectivity index (χ1n) is 7.83. The van der Waals surface area contributed by atoms with Gasteiger partial charge in [0.2, 0.25) is 0 Å². The van der Waals surface area contributed by atoms with E-state index in [0.717, 1.165) is 24.7 Å². The summed E-state index contributed by atoms with van der Waals surface area (Å²) in [5, 5.41) is 7.22. The third-order valence-electron chi connectivity index (χ3n) is 4.68. The SMILES string of the molecule is CN(Cc1csc(C(C)(C)C)n1)C1CC2CCC(C1)N2. The second-order valence-electron chi connectivity index (χ2n) is 7.57. The largest absolute Gasteiger partial charge is 0.311 e. The number of aromatic nitrogens is 1. The summed E-state index contributed by atoms with van der Waals surface area (Å²) in [5.41, 5.74) is 1.42. The zero-order valence-corrected chi connectivity index (χ0v) is 14.0. The predicted molar refractivity (Wildman–Crippen MR) is 85.2 cm³/mol. The van der Waals surface area contributed by atoms with Crippen molar-refractivity contribution in [2.75, 3.05) is 7.05 Å². The summed E-state index contributed by atoms with van der Waals surface area (Å²) < 4.78 is 0. The first-order valence-corrected chi connectivity index (χ1v) is 8.71. The van der Waals surface area contributed by atoms with Crippen LogP contribution in [0.25, 0.3) is 0 Å². The van der Waals surface area contributed by atoms with Crippen molar-refractivity contribution in [3.63, 3.8) is 0 Å². The van der Waals surface area contributed by atoms with Crippen LogP contribution in [0.3, 0.4) is 0 Å². The van der Waals surface area contributed by atoms with Crippen LogP contribution in [0.1, 0.15) is 57.2 Å². The van der Waals surface area contributed by atoms with E-state index in [9.17, 15) is 0 Å². The summed E-state index contributed by atoms with van der Waals surface area (Å²) in [6, 6.07) is 2.26. The Hall–Kier alpha value is -0.450. The van der Waals surface area contributed by atoms with Gasteiger partial charge in [-0.1, -0.05) is 20.8 Å². The molecule has 0 radical (unpaired) electrons. The Labute approximate surface area is 126 Å². The van der Waals surface area contributed by atoms with E-state index in [1.165, 1.54) is 36.4 Å².